The van der Waals surface area contributed by atoms with Crippen LogP contribution in [0, 0.1) is 0 Å². The lowest BCUT2D eigenvalue weighted by molar-refractivity contribution is 0.208. The van der Waals surface area contributed by atoms with E-state index in [-0.39, 0.29) is 0 Å². The summed E-state index contributed by atoms with van der Waals surface area (Å²) in [4.78, 5) is 15.4. The fraction of sp³-hybridized carbons (Fsp3) is 0.389. The summed E-state index contributed by atoms with van der Waals surface area (Å²) in [6.45, 7) is 6.87. The van der Waals surface area contributed by atoms with Crippen LogP contribution in [0.4, 0.5) is 5.82 Å². The second kappa shape index (κ2) is 7.83. The molecule has 5 heteroatoms. The molecule has 0 bridgehead atoms. The van der Waals surface area contributed by atoms with Gasteiger partial charge in [-0.05, 0) is 37.1 Å². The molecule has 3 rings (SSSR count). The summed E-state index contributed by atoms with van der Waals surface area (Å²) in [5.74, 6) is 0.855. The first-order valence-corrected chi connectivity index (χ1v) is 8.13. The average molecular weight is 309 g/mol. The SMILES string of the molecule is C=CCc1cnc(N[C@@H]2CCCN(Cc3ccncc3)C2)cn1. The lowest BCUT2D eigenvalue weighted by Gasteiger charge is -2.33. The maximum Gasteiger partial charge on any atom is 0.144 e. The highest BCUT2D eigenvalue weighted by molar-refractivity contribution is 5.33. The van der Waals surface area contributed by atoms with Crippen molar-refractivity contribution in [3.05, 3.63) is 60.8 Å². The third-order valence-electron chi connectivity index (χ3n) is 4.07. The molecular weight excluding hydrogens is 286 g/mol. The van der Waals surface area contributed by atoms with Gasteiger partial charge in [0, 0.05) is 37.9 Å². The lowest BCUT2D eigenvalue weighted by atomic mass is 10.0. The van der Waals surface area contributed by atoms with Crippen molar-refractivity contribution in [2.24, 2.45) is 0 Å². The maximum absolute atomic E-state index is 4.45. The lowest BCUT2D eigenvalue weighted by Crippen LogP contribution is -2.41. The number of aromatic nitrogens is 3. The molecular formula is C18H23N5. The van der Waals surface area contributed by atoms with Gasteiger partial charge >= 0.3 is 0 Å². The first kappa shape index (κ1) is 15.6. The molecule has 1 fully saturated rings. The molecule has 0 amide bonds. The van der Waals surface area contributed by atoms with Gasteiger partial charge in [-0.3, -0.25) is 14.9 Å². The zero-order valence-electron chi connectivity index (χ0n) is 13.4. The molecule has 0 aliphatic carbocycles. The van der Waals surface area contributed by atoms with Crippen molar-refractivity contribution in [2.45, 2.75) is 31.8 Å². The van der Waals surface area contributed by atoms with Gasteiger partial charge in [0.25, 0.3) is 0 Å². The molecule has 5 nitrogen and oxygen atoms in total. The van der Waals surface area contributed by atoms with Gasteiger partial charge in [0.1, 0.15) is 5.82 Å². The van der Waals surface area contributed by atoms with Crippen molar-refractivity contribution >= 4 is 5.82 Å². The van der Waals surface area contributed by atoms with Gasteiger partial charge in [0.05, 0.1) is 18.1 Å². The molecule has 2 aromatic heterocycles. The molecule has 1 N–H and O–H groups in total. The van der Waals surface area contributed by atoms with Gasteiger partial charge in [0.15, 0.2) is 0 Å². The quantitative estimate of drug-likeness (QED) is 0.832. The number of likely N-dealkylation sites (tertiary alicyclic amines) is 1. The van der Waals surface area contributed by atoms with Crippen LogP contribution in [0.2, 0.25) is 0 Å². The molecule has 0 aromatic carbocycles. The Labute approximate surface area is 137 Å². The van der Waals surface area contributed by atoms with E-state index in [1.165, 1.54) is 18.4 Å². The average Bonchev–Trinajstić information content (AvgIpc) is 2.58. The smallest absolute Gasteiger partial charge is 0.144 e. The molecule has 0 spiro atoms. The second-order valence-corrected chi connectivity index (χ2v) is 5.96. The van der Waals surface area contributed by atoms with Crippen LogP contribution < -0.4 is 5.32 Å². The molecule has 2 aromatic rings. The van der Waals surface area contributed by atoms with Crippen LogP contribution in [0.1, 0.15) is 24.1 Å². The summed E-state index contributed by atoms with van der Waals surface area (Å²) in [7, 11) is 0. The molecule has 1 atom stereocenters. The number of pyridine rings is 1. The van der Waals surface area contributed by atoms with Gasteiger partial charge in [-0.1, -0.05) is 6.08 Å². The number of rotatable bonds is 6. The summed E-state index contributed by atoms with van der Waals surface area (Å²) in [6, 6.07) is 4.59. The number of nitrogens with one attached hydrogen (secondary N) is 1. The van der Waals surface area contributed by atoms with E-state index < -0.39 is 0 Å². The van der Waals surface area contributed by atoms with Crippen molar-refractivity contribution < 1.29 is 0 Å². The van der Waals surface area contributed by atoms with Crippen LogP contribution in [0.3, 0.4) is 0 Å². The number of hydrogen-bond donors (Lipinski definition) is 1. The first-order valence-electron chi connectivity index (χ1n) is 8.13. The topological polar surface area (TPSA) is 53.9 Å². The Hall–Kier alpha value is -2.27. The van der Waals surface area contributed by atoms with E-state index in [0.717, 1.165) is 37.6 Å². The summed E-state index contributed by atoms with van der Waals surface area (Å²) in [5.41, 5.74) is 2.27. The standard InChI is InChI=1S/C18H23N5/c1-2-4-16-11-21-18(12-20-16)22-17-5-3-10-23(14-17)13-15-6-8-19-9-7-15/h2,6-9,11-12,17H,1,3-5,10,13-14H2,(H,21,22)/t17-/m1/s1. The van der Waals surface area contributed by atoms with Crippen molar-refractivity contribution in [1.82, 2.24) is 19.9 Å². The highest BCUT2D eigenvalue weighted by Gasteiger charge is 2.20. The van der Waals surface area contributed by atoms with Gasteiger partial charge in [-0.25, -0.2) is 4.98 Å². The highest BCUT2D eigenvalue weighted by atomic mass is 15.2. The third-order valence-corrected chi connectivity index (χ3v) is 4.07. The van der Waals surface area contributed by atoms with Crippen LogP contribution in [-0.2, 0) is 13.0 Å². The number of allylic oxidation sites excluding steroid dienone is 1. The zero-order chi connectivity index (χ0) is 15.9. The van der Waals surface area contributed by atoms with E-state index in [4.69, 9.17) is 0 Å². The van der Waals surface area contributed by atoms with Crippen molar-refractivity contribution in [3.63, 3.8) is 0 Å². The van der Waals surface area contributed by atoms with E-state index in [1.54, 1.807) is 0 Å². The molecule has 3 heterocycles. The minimum absolute atomic E-state index is 0.421. The van der Waals surface area contributed by atoms with E-state index in [0.29, 0.717) is 6.04 Å². The van der Waals surface area contributed by atoms with Crippen LogP contribution >= 0.6 is 0 Å². The summed E-state index contributed by atoms with van der Waals surface area (Å²) >= 11 is 0. The minimum Gasteiger partial charge on any atom is -0.365 e. The predicted octanol–water partition coefficient (Wildman–Crippen LogP) is 2.68. The summed E-state index contributed by atoms with van der Waals surface area (Å²) < 4.78 is 0. The summed E-state index contributed by atoms with van der Waals surface area (Å²) in [6.07, 6.45) is 12.3. The Kier molecular flexibility index (Phi) is 5.32. The minimum atomic E-state index is 0.421. The Balaban J connectivity index is 1.55. The highest BCUT2D eigenvalue weighted by Crippen LogP contribution is 2.16. The Morgan fingerprint density at radius 1 is 1.26 bits per heavy atom. The van der Waals surface area contributed by atoms with E-state index in [9.17, 15) is 0 Å². The van der Waals surface area contributed by atoms with Crippen LogP contribution in [0.15, 0.2) is 49.6 Å². The number of nitrogens with zero attached hydrogens (tertiary/aromatic N) is 4. The largest absolute Gasteiger partial charge is 0.365 e. The number of anilines is 1. The Morgan fingerprint density at radius 2 is 2.13 bits per heavy atom. The van der Waals surface area contributed by atoms with E-state index >= 15 is 0 Å². The molecule has 1 aliphatic rings. The Bertz CT molecular complexity index is 611. The van der Waals surface area contributed by atoms with Crippen molar-refractivity contribution in [1.29, 1.82) is 0 Å². The van der Waals surface area contributed by atoms with Crippen LogP contribution in [0.25, 0.3) is 0 Å². The molecule has 1 aliphatic heterocycles. The van der Waals surface area contributed by atoms with Crippen LogP contribution in [0.5, 0.6) is 0 Å². The van der Waals surface area contributed by atoms with Gasteiger partial charge in [0.2, 0.25) is 0 Å². The monoisotopic (exact) mass is 309 g/mol. The molecule has 0 radical (unpaired) electrons. The second-order valence-electron chi connectivity index (χ2n) is 5.96. The zero-order valence-corrected chi connectivity index (χ0v) is 13.4. The molecule has 0 unspecified atom stereocenters. The van der Waals surface area contributed by atoms with Gasteiger partial charge in [-0.2, -0.15) is 0 Å². The maximum atomic E-state index is 4.45. The number of piperidine rings is 1. The molecule has 23 heavy (non-hydrogen) atoms. The van der Waals surface area contributed by atoms with Crippen molar-refractivity contribution in [2.75, 3.05) is 18.4 Å². The van der Waals surface area contributed by atoms with Crippen molar-refractivity contribution in [3.8, 4) is 0 Å². The number of hydrogen-bond acceptors (Lipinski definition) is 5. The Morgan fingerprint density at radius 3 is 2.87 bits per heavy atom. The van der Waals surface area contributed by atoms with Gasteiger partial charge in [-0.15, -0.1) is 6.58 Å². The fourth-order valence-electron chi connectivity index (χ4n) is 2.96. The van der Waals surface area contributed by atoms with E-state index in [2.05, 4.69) is 43.9 Å². The molecule has 0 saturated carbocycles. The fourth-order valence-corrected chi connectivity index (χ4v) is 2.96. The molecule has 1 saturated heterocycles. The molecule has 120 valence electrons. The summed E-state index contributed by atoms with van der Waals surface area (Å²) in [5, 5.41) is 3.51. The van der Waals surface area contributed by atoms with Gasteiger partial charge < -0.3 is 5.32 Å². The third kappa shape index (κ3) is 4.60. The van der Waals surface area contributed by atoms with E-state index in [1.807, 2.05) is 30.9 Å². The van der Waals surface area contributed by atoms with Crippen LogP contribution in [-0.4, -0.2) is 39.0 Å². The first-order chi connectivity index (χ1) is 11.3. The normalized spacial score (nSPS) is 18.5. The predicted molar refractivity (Wildman–Crippen MR) is 92.1 cm³/mol.